The number of ether oxygens (including phenoxy) is 2. The maximum atomic E-state index is 12.5. The van der Waals surface area contributed by atoms with Crippen LogP contribution in [0.25, 0.3) is 6.08 Å². The summed E-state index contributed by atoms with van der Waals surface area (Å²) in [6, 6.07) is 14.7. The number of carbonyl (C=O) groups excluding carboxylic acids is 2. The molecule has 0 amide bonds. The number of fused-ring (bicyclic) bond motifs is 1. The lowest BCUT2D eigenvalue weighted by Crippen LogP contribution is -2.07. The van der Waals surface area contributed by atoms with Crippen molar-refractivity contribution in [1.29, 1.82) is 0 Å². The van der Waals surface area contributed by atoms with Crippen LogP contribution < -0.4 is 9.47 Å². The second-order valence-electron chi connectivity index (χ2n) is 5.52. The third-order valence-electron chi connectivity index (χ3n) is 3.72. The van der Waals surface area contributed by atoms with Gasteiger partial charge in [-0.15, -0.1) is 0 Å². The van der Waals surface area contributed by atoms with E-state index >= 15 is 0 Å². The highest BCUT2D eigenvalue weighted by Gasteiger charge is 2.28. The molecule has 128 valence electrons. The second kappa shape index (κ2) is 6.54. The van der Waals surface area contributed by atoms with Gasteiger partial charge in [0.05, 0.1) is 11.8 Å². The van der Waals surface area contributed by atoms with E-state index in [1.807, 2.05) is 6.07 Å². The summed E-state index contributed by atoms with van der Waals surface area (Å²) in [6.45, 7) is 0. The van der Waals surface area contributed by atoms with Crippen LogP contribution in [0.1, 0.15) is 26.5 Å². The summed E-state index contributed by atoms with van der Waals surface area (Å²) in [6.07, 6.45) is 3.00. The molecule has 2 aromatic carbocycles. The van der Waals surface area contributed by atoms with E-state index in [9.17, 15) is 9.59 Å². The number of Topliss-reactive ketones (excluding diaryl/α,β-unsaturated/α-hetero) is 1. The third kappa shape index (κ3) is 3.12. The highest BCUT2D eigenvalue weighted by atomic mass is 35.5. The van der Waals surface area contributed by atoms with Crippen molar-refractivity contribution < 1.29 is 23.5 Å². The molecule has 1 aliphatic heterocycles. The zero-order valence-corrected chi connectivity index (χ0v) is 14.0. The SMILES string of the molecule is O=C(Oc1ccc2c(c1)O/C(=C/c1cccc(Cl)c1)C2=O)c1ccco1. The summed E-state index contributed by atoms with van der Waals surface area (Å²) < 4.78 is 15.8. The van der Waals surface area contributed by atoms with Crippen molar-refractivity contribution in [3.8, 4) is 11.5 Å². The lowest BCUT2D eigenvalue weighted by Gasteiger charge is -2.04. The van der Waals surface area contributed by atoms with Crippen LogP contribution in [0, 0.1) is 0 Å². The Labute approximate surface area is 153 Å². The van der Waals surface area contributed by atoms with Crippen LogP contribution in [0.2, 0.25) is 5.02 Å². The lowest BCUT2D eigenvalue weighted by molar-refractivity contribution is 0.0701. The number of furan rings is 1. The number of ketones is 1. The van der Waals surface area contributed by atoms with Gasteiger partial charge in [-0.2, -0.15) is 0 Å². The Morgan fingerprint density at radius 1 is 1.08 bits per heavy atom. The Kier molecular flexibility index (Phi) is 4.07. The summed E-state index contributed by atoms with van der Waals surface area (Å²) in [5.74, 6) is -0.0337. The molecule has 0 unspecified atom stereocenters. The number of rotatable bonds is 3. The number of halogens is 1. The Balaban J connectivity index is 1.58. The van der Waals surface area contributed by atoms with E-state index in [0.717, 1.165) is 5.56 Å². The molecule has 0 bridgehead atoms. The highest BCUT2D eigenvalue weighted by Crippen LogP contribution is 2.35. The molecule has 3 aromatic rings. The van der Waals surface area contributed by atoms with Crippen molar-refractivity contribution >= 4 is 29.4 Å². The van der Waals surface area contributed by atoms with E-state index < -0.39 is 5.97 Å². The lowest BCUT2D eigenvalue weighted by atomic mass is 10.1. The van der Waals surface area contributed by atoms with Gasteiger partial charge in [-0.25, -0.2) is 4.79 Å². The normalized spacial score (nSPS) is 14.2. The summed E-state index contributed by atoms with van der Waals surface area (Å²) >= 11 is 5.96. The van der Waals surface area contributed by atoms with Crippen molar-refractivity contribution in [2.45, 2.75) is 0 Å². The van der Waals surface area contributed by atoms with Crippen molar-refractivity contribution in [2.24, 2.45) is 0 Å². The summed E-state index contributed by atoms with van der Waals surface area (Å²) in [7, 11) is 0. The van der Waals surface area contributed by atoms with E-state index in [1.54, 1.807) is 36.4 Å². The second-order valence-corrected chi connectivity index (χ2v) is 5.96. The highest BCUT2D eigenvalue weighted by molar-refractivity contribution is 6.30. The molecule has 0 saturated heterocycles. The maximum absolute atomic E-state index is 12.5. The van der Waals surface area contributed by atoms with Crippen LogP contribution in [0.4, 0.5) is 0 Å². The van der Waals surface area contributed by atoms with Crippen LogP contribution in [-0.2, 0) is 0 Å². The van der Waals surface area contributed by atoms with Gasteiger partial charge >= 0.3 is 5.97 Å². The minimum Gasteiger partial charge on any atom is -0.457 e. The van der Waals surface area contributed by atoms with Crippen molar-refractivity contribution in [3.63, 3.8) is 0 Å². The maximum Gasteiger partial charge on any atom is 0.379 e. The standard InChI is InChI=1S/C20H11ClO5/c21-13-4-1-3-12(9-13)10-18-19(22)15-7-6-14(11-17(15)26-18)25-20(23)16-5-2-8-24-16/h1-11H/b18-10+. The molecule has 0 atom stereocenters. The average molecular weight is 367 g/mol. The largest absolute Gasteiger partial charge is 0.457 e. The Bertz CT molecular complexity index is 1030. The molecule has 0 fully saturated rings. The molecule has 1 aromatic heterocycles. The fourth-order valence-corrected chi connectivity index (χ4v) is 2.73. The average Bonchev–Trinajstić information content (AvgIpc) is 3.24. The molecular formula is C20H11ClO5. The van der Waals surface area contributed by atoms with Gasteiger partial charge in [-0.1, -0.05) is 23.7 Å². The Hall–Kier alpha value is -3.31. The number of hydrogen-bond donors (Lipinski definition) is 0. The molecule has 0 spiro atoms. The molecule has 0 N–H and O–H groups in total. The minimum atomic E-state index is -0.631. The fourth-order valence-electron chi connectivity index (χ4n) is 2.53. The van der Waals surface area contributed by atoms with Crippen molar-refractivity contribution in [1.82, 2.24) is 0 Å². The molecule has 6 heteroatoms. The van der Waals surface area contributed by atoms with Gasteiger partial charge < -0.3 is 13.9 Å². The molecule has 0 saturated carbocycles. The number of hydrogen-bond acceptors (Lipinski definition) is 5. The predicted molar refractivity (Wildman–Crippen MR) is 94.5 cm³/mol. The molecule has 1 aliphatic rings. The molecule has 0 aliphatic carbocycles. The number of benzene rings is 2. The van der Waals surface area contributed by atoms with Gasteiger partial charge in [0.1, 0.15) is 11.5 Å². The molecule has 0 radical (unpaired) electrons. The zero-order valence-electron chi connectivity index (χ0n) is 13.3. The first kappa shape index (κ1) is 16.2. The summed E-state index contributed by atoms with van der Waals surface area (Å²) in [5, 5.41) is 0.564. The van der Waals surface area contributed by atoms with Crippen LogP contribution in [0.5, 0.6) is 11.5 Å². The first-order valence-electron chi connectivity index (χ1n) is 7.70. The molecule has 26 heavy (non-hydrogen) atoms. The summed E-state index contributed by atoms with van der Waals surface area (Å²) in [5.41, 5.74) is 1.15. The van der Waals surface area contributed by atoms with Crippen LogP contribution in [0.3, 0.4) is 0 Å². The van der Waals surface area contributed by atoms with Gasteiger partial charge in [0, 0.05) is 11.1 Å². The first-order chi connectivity index (χ1) is 12.6. The van der Waals surface area contributed by atoms with Gasteiger partial charge in [-0.3, -0.25) is 4.79 Å². The van der Waals surface area contributed by atoms with Crippen molar-refractivity contribution in [2.75, 3.05) is 0 Å². The van der Waals surface area contributed by atoms with E-state index in [1.165, 1.54) is 24.5 Å². The minimum absolute atomic E-state index is 0.0871. The number of carbonyl (C=O) groups is 2. The molecular weight excluding hydrogens is 356 g/mol. The fraction of sp³-hybridized carbons (Fsp3) is 0. The molecule has 2 heterocycles. The van der Waals surface area contributed by atoms with Crippen LogP contribution >= 0.6 is 11.6 Å². The van der Waals surface area contributed by atoms with Crippen LogP contribution in [-0.4, -0.2) is 11.8 Å². The van der Waals surface area contributed by atoms with E-state index in [4.69, 9.17) is 25.5 Å². The third-order valence-corrected chi connectivity index (χ3v) is 3.96. The number of allylic oxidation sites excluding steroid dienone is 1. The van der Waals surface area contributed by atoms with E-state index in [0.29, 0.717) is 16.3 Å². The van der Waals surface area contributed by atoms with Crippen molar-refractivity contribution in [3.05, 3.63) is 88.5 Å². The monoisotopic (exact) mass is 366 g/mol. The molecule has 5 nitrogen and oxygen atoms in total. The first-order valence-corrected chi connectivity index (χ1v) is 8.07. The zero-order chi connectivity index (χ0) is 18.1. The van der Waals surface area contributed by atoms with E-state index in [2.05, 4.69) is 0 Å². The summed E-state index contributed by atoms with van der Waals surface area (Å²) in [4.78, 5) is 24.4. The quantitative estimate of drug-likeness (QED) is 0.379. The van der Waals surface area contributed by atoms with Gasteiger partial charge in [0.25, 0.3) is 0 Å². The van der Waals surface area contributed by atoms with Gasteiger partial charge in [0.15, 0.2) is 5.76 Å². The van der Waals surface area contributed by atoms with Gasteiger partial charge in [-0.05, 0) is 48.0 Å². The topological polar surface area (TPSA) is 65.7 Å². The van der Waals surface area contributed by atoms with E-state index in [-0.39, 0.29) is 23.1 Å². The molecule has 4 rings (SSSR count). The Morgan fingerprint density at radius 3 is 2.73 bits per heavy atom. The van der Waals surface area contributed by atoms with Crippen LogP contribution in [0.15, 0.2) is 71.0 Å². The smallest absolute Gasteiger partial charge is 0.379 e. The predicted octanol–water partition coefficient (Wildman–Crippen LogP) is 4.77. The number of esters is 1. The Morgan fingerprint density at radius 2 is 1.96 bits per heavy atom. The van der Waals surface area contributed by atoms with Gasteiger partial charge in [0.2, 0.25) is 11.5 Å².